The Labute approximate surface area is 165 Å². The molecule has 0 bridgehead atoms. The maximum absolute atomic E-state index is 10.9. The number of nitrogens with zero attached hydrogens (tertiary/aromatic N) is 2. The second-order valence-corrected chi connectivity index (χ2v) is 7.61. The van der Waals surface area contributed by atoms with E-state index < -0.39 is 6.10 Å². The van der Waals surface area contributed by atoms with Crippen LogP contribution in [0, 0.1) is 0 Å². The molecule has 28 heavy (non-hydrogen) atoms. The predicted octanol–water partition coefficient (Wildman–Crippen LogP) is 2.25. The van der Waals surface area contributed by atoms with Crippen molar-refractivity contribution in [3.05, 3.63) is 47.5 Å². The van der Waals surface area contributed by atoms with Crippen LogP contribution in [0.15, 0.2) is 36.4 Å². The van der Waals surface area contributed by atoms with Crippen LogP contribution in [0.3, 0.4) is 0 Å². The Bertz CT molecular complexity index is 864. The molecule has 0 amide bonds. The zero-order chi connectivity index (χ0) is 19.1. The molecule has 2 aromatic rings. The summed E-state index contributed by atoms with van der Waals surface area (Å²) in [6.45, 7) is 4.84. The van der Waals surface area contributed by atoms with E-state index in [2.05, 4.69) is 21.9 Å². The van der Waals surface area contributed by atoms with Gasteiger partial charge in [-0.15, -0.1) is 0 Å². The first-order chi connectivity index (χ1) is 13.7. The predicted molar refractivity (Wildman–Crippen MR) is 107 cm³/mol. The number of anilines is 1. The van der Waals surface area contributed by atoms with Crippen molar-refractivity contribution in [1.82, 2.24) is 4.90 Å². The number of fused-ring (bicyclic) bond motifs is 2. The van der Waals surface area contributed by atoms with Crippen LogP contribution >= 0.6 is 0 Å². The molecule has 6 heteroatoms. The first-order valence-electron chi connectivity index (χ1n) is 9.97. The Balaban J connectivity index is 1.28. The van der Waals surface area contributed by atoms with E-state index in [4.69, 9.17) is 14.2 Å². The van der Waals surface area contributed by atoms with Crippen molar-refractivity contribution in [2.75, 3.05) is 51.4 Å². The van der Waals surface area contributed by atoms with Gasteiger partial charge in [-0.05, 0) is 41.8 Å². The Kier molecular flexibility index (Phi) is 4.53. The molecule has 0 radical (unpaired) electrons. The monoisotopic (exact) mass is 382 g/mol. The van der Waals surface area contributed by atoms with Crippen molar-refractivity contribution in [2.45, 2.75) is 18.6 Å². The van der Waals surface area contributed by atoms with E-state index >= 15 is 0 Å². The van der Waals surface area contributed by atoms with Gasteiger partial charge >= 0.3 is 0 Å². The van der Waals surface area contributed by atoms with Gasteiger partial charge in [-0.2, -0.15) is 0 Å². The number of aliphatic hydroxyl groups excluding tert-OH is 1. The summed E-state index contributed by atoms with van der Waals surface area (Å²) >= 11 is 0. The Morgan fingerprint density at radius 1 is 1.04 bits per heavy atom. The smallest absolute Gasteiger partial charge is 0.184 e. The fraction of sp³-hybridized carbons (Fsp3) is 0.455. The highest BCUT2D eigenvalue weighted by Crippen LogP contribution is 2.41. The van der Waals surface area contributed by atoms with Gasteiger partial charge in [0, 0.05) is 32.2 Å². The number of hydrogen-bond acceptors (Lipinski definition) is 6. The molecule has 5 rings (SSSR count). The molecule has 1 fully saturated rings. The average Bonchev–Trinajstić information content (AvgIpc) is 3.09. The lowest BCUT2D eigenvalue weighted by Crippen LogP contribution is -2.51. The highest BCUT2D eigenvalue weighted by atomic mass is 16.6. The molecule has 6 nitrogen and oxygen atoms in total. The van der Waals surface area contributed by atoms with Crippen molar-refractivity contribution in [3.8, 4) is 17.2 Å². The third kappa shape index (κ3) is 2.97. The van der Waals surface area contributed by atoms with Gasteiger partial charge < -0.3 is 24.2 Å². The summed E-state index contributed by atoms with van der Waals surface area (Å²) < 4.78 is 16.9. The van der Waals surface area contributed by atoms with Crippen molar-refractivity contribution < 1.29 is 19.3 Å². The van der Waals surface area contributed by atoms with Gasteiger partial charge in [0.15, 0.2) is 11.5 Å². The molecule has 2 atom stereocenters. The zero-order valence-corrected chi connectivity index (χ0v) is 16.1. The van der Waals surface area contributed by atoms with Crippen molar-refractivity contribution in [1.29, 1.82) is 0 Å². The minimum atomic E-state index is -0.436. The third-order valence-corrected chi connectivity index (χ3v) is 6.13. The molecule has 3 aliphatic rings. The molecular weight excluding hydrogens is 356 g/mol. The normalized spacial score (nSPS) is 24.1. The molecule has 1 N–H and O–H groups in total. The molecule has 0 aromatic heterocycles. The molecule has 0 spiro atoms. The summed E-state index contributed by atoms with van der Waals surface area (Å²) in [5.41, 5.74) is 3.34. The minimum absolute atomic E-state index is 0.133. The summed E-state index contributed by atoms with van der Waals surface area (Å²) in [5, 5.41) is 10.9. The van der Waals surface area contributed by atoms with E-state index in [1.165, 1.54) is 5.56 Å². The van der Waals surface area contributed by atoms with E-state index in [1.807, 2.05) is 24.3 Å². The van der Waals surface area contributed by atoms with Gasteiger partial charge in [0.05, 0.1) is 18.9 Å². The largest absolute Gasteiger partial charge is 0.497 e. The van der Waals surface area contributed by atoms with Gasteiger partial charge in [0.2, 0.25) is 0 Å². The quantitative estimate of drug-likeness (QED) is 0.879. The lowest BCUT2D eigenvalue weighted by atomic mass is 10.1. The summed E-state index contributed by atoms with van der Waals surface area (Å²) in [6, 6.07) is 12.2. The lowest BCUT2D eigenvalue weighted by molar-refractivity contribution is 0.0571. The van der Waals surface area contributed by atoms with E-state index in [-0.39, 0.29) is 6.04 Å². The molecule has 2 heterocycles. The van der Waals surface area contributed by atoms with Crippen LogP contribution < -0.4 is 19.1 Å². The first kappa shape index (κ1) is 17.6. The number of benzene rings is 2. The highest BCUT2D eigenvalue weighted by Gasteiger charge is 2.37. The standard InChI is InChI=1S/C22H26N2O4/c1-26-16-5-6-17-15(13-16)14-19(21(17)25)24-9-7-23(8-10-24)18-3-2-4-20-22(18)28-12-11-27-20/h2-6,13,19,21,25H,7-12,14H2,1H3/t19-,21-/m0/s1. The maximum atomic E-state index is 10.9. The van der Waals surface area contributed by atoms with Crippen molar-refractivity contribution in [3.63, 3.8) is 0 Å². The van der Waals surface area contributed by atoms with Crippen molar-refractivity contribution >= 4 is 5.69 Å². The fourth-order valence-electron chi connectivity index (χ4n) is 4.65. The van der Waals surface area contributed by atoms with Gasteiger partial charge in [0.1, 0.15) is 19.0 Å². The average molecular weight is 382 g/mol. The Morgan fingerprint density at radius 2 is 1.86 bits per heavy atom. The molecule has 148 valence electrons. The summed E-state index contributed by atoms with van der Waals surface area (Å²) in [7, 11) is 1.68. The molecular formula is C22H26N2O4. The van der Waals surface area contributed by atoms with E-state index in [1.54, 1.807) is 7.11 Å². The lowest BCUT2D eigenvalue weighted by Gasteiger charge is -2.40. The van der Waals surface area contributed by atoms with Crippen LogP contribution in [0.2, 0.25) is 0 Å². The number of aliphatic hydroxyl groups is 1. The first-order valence-corrected chi connectivity index (χ1v) is 9.97. The number of hydrogen-bond donors (Lipinski definition) is 1. The zero-order valence-electron chi connectivity index (χ0n) is 16.1. The van der Waals surface area contributed by atoms with Crippen molar-refractivity contribution in [2.24, 2.45) is 0 Å². The summed E-state index contributed by atoms with van der Waals surface area (Å²) in [4.78, 5) is 4.78. The SMILES string of the molecule is COc1ccc2c(c1)C[C@H](N1CCN(c3cccc4c3OCCO4)CC1)[C@H]2O. The summed E-state index contributed by atoms with van der Waals surface area (Å²) in [5.74, 6) is 2.55. The molecule has 1 saturated heterocycles. The molecule has 0 saturated carbocycles. The van der Waals surface area contributed by atoms with Crippen LogP contribution in [0.4, 0.5) is 5.69 Å². The maximum Gasteiger partial charge on any atom is 0.184 e. The third-order valence-electron chi connectivity index (χ3n) is 6.13. The number of para-hydroxylation sites is 1. The minimum Gasteiger partial charge on any atom is -0.497 e. The Hall–Kier alpha value is -2.44. The second kappa shape index (κ2) is 7.18. The number of ether oxygens (including phenoxy) is 3. The van der Waals surface area contributed by atoms with Gasteiger partial charge in [-0.3, -0.25) is 4.90 Å². The van der Waals surface area contributed by atoms with E-state index in [9.17, 15) is 5.11 Å². The molecule has 1 aliphatic carbocycles. The number of piperazine rings is 1. The topological polar surface area (TPSA) is 54.4 Å². The van der Waals surface area contributed by atoms with Crippen LogP contribution in [0.25, 0.3) is 0 Å². The van der Waals surface area contributed by atoms with Crippen LogP contribution in [-0.4, -0.2) is 62.6 Å². The van der Waals surface area contributed by atoms with Crippen LogP contribution in [0.1, 0.15) is 17.2 Å². The molecule has 2 aromatic carbocycles. The second-order valence-electron chi connectivity index (χ2n) is 7.61. The molecule has 2 aliphatic heterocycles. The van der Waals surface area contributed by atoms with Gasteiger partial charge in [-0.1, -0.05) is 12.1 Å². The van der Waals surface area contributed by atoms with Crippen LogP contribution in [-0.2, 0) is 6.42 Å². The van der Waals surface area contributed by atoms with E-state index in [0.717, 1.165) is 61.1 Å². The Morgan fingerprint density at radius 3 is 2.68 bits per heavy atom. The van der Waals surface area contributed by atoms with Gasteiger partial charge in [0.25, 0.3) is 0 Å². The van der Waals surface area contributed by atoms with E-state index in [0.29, 0.717) is 13.2 Å². The van der Waals surface area contributed by atoms with Crippen LogP contribution in [0.5, 0.6) is 17.2 Å². The molecule has 0 unspecified atom stereocenters. The summed E-state index contributed by atoms with van der Waals surface area (Å²) in [6.07, 6.45) is 0.430. The number of rotatable bonds is 3. The number of methoxy groups -OCH3 is 1. The highest BCUT2D eigenvalue weighted by molar-refractivity contribution is 5.65. The fourth-order valence-corrected chi connectivity index (χ4v) is 4.65. The van der Waals surface area contributed by atoms with Gasteiger partial charge in [-0.25, -0.2) is 0 Å².